The summed E-state index contributed by atoms with van der Waals surface area (Å²) >= 11 is 1.04. The van der Waals surface area contributed by atoms with Crippen molar-refractivity contribution in [1.29, 1.82) is 0 Å². The lowest BCUT2D eigenvalue weighted by Crippen LogP contribution is -2.13. The minimum Gasteiger partial charge on any atom is -0.469 e. The van der Waals surface area contributed by atoms with Crippen molar-refractivity contribution < 1.29 is 27.7 Å². The van der Waals surface area contributed by atoms with E-state index in [0.29, 0.717) is 5.69 Å². The SMILES string of the molecule is COC(=O)Cc1csc(NC(=O)c2cc([N+](=O)[O-])cc(S(C)(=O)=O)c2)n1. The number of ether oxygens (including phenoxy) is 1. The second kappa shape index (κ2) is 7.58. The number of thiazole rings is 1. The van der Waals surface area contributed by atoms with Crippen LogP contribution in [0.4, 0.5) is 10.8 Å². The first-order valence-corrected chi connectivity index (χ1v) is 9.69. The van der Waals surface area contributed by atoms with E-state index in [2.05, 4.69) is 15.0 Å². The zero-order chi connectivity index (χ0) is 19.5. The van der Waals surface area contributed by atoms with Gasteiger partial charge in [-0.05, 0) is 6.07 Å². The Kier molecular flexibility index (Phi) is 5.67. The second-order valence-corrected chi connectivity index (χ2v) is 7.97. The molecule has 0 aliphatic heterocycles. The Labute approximate surface area is 151 Å². The van der Waals surface area contributed by atoms with E-state index in [4.69, 9.17) is 0 Å². The number of methoxy groups -OCH3 is 1. The highest BCUT2D eigenvalue weighted by molar-refractivity contribution is 7.90. The van der Waals surface area contributed by atoms with Crippen LogP contribution in [0, 0.1) is 10.1 Å². The van der Waals surface area contributed by atoms with Gasteiger partial charge in [-0.25, -0.2) is 13.4 Å². The first-order valence-electron chi connectivity index (χ1n) is 6.92. The smallest absolute Gasteiger partial charge is 0.311 e. The molecule has 1 heterocycles. The van der Waals surface area contributed by atoms with Gasteiger partial charge in [0.1, 0.15) is 0 Å². The monoisotopic (exact) mass is 399 g/mol. The van der Waals surface area contributed by atoms with Gasteiger partial charge in [0.15, 0.2) is 15.0 Å². The molecule has 0 radical (unpaired) electrons. The van der Waals surface area contributed by atoms with Gasteiger partial charge in [-0.1, -0.05) is 0 Å². The topological polar surface area (TPSA) is 146 Å². The highest BCUT2D eigenvalue weighted by Crippen LogP contribution is 2.23. The molecular formula is C14H13N3O7S2. The van der Waals surface area contributed by atoms with E-state index in [1.165, 1.54) is 7.11 Å². The van der Waals surface area contributed by atoms with Gasteiger partial charge in [-0.3, -0.25) is 25.0 Å². The molecule has 1 aromatic carbocycles. The molecule has 2 aromatic rings. The summed E-state index contributed by atoms with van der Waals surface area (Å²) in [5.41, 5.74) is -0.346. The first-order chi connectivity index (χ1) is 12.1. The summed E-state index contributed by atoms with van der Waals surface area (Å²) < 4.78 is 27.8. The number of carbonyl (C=O) groups is 2. The predicted octanol–water partition coefficient (Wildman–Crippen LogP) is 1.42. The summed E-state index contributed by atoms with van der Waals surface area (Å²) in [4.78, 5) is 37.4. The standard InChI is InChI=1S/C14H13N3O7S2/c1-24-12(18)5-9-7-25-14(15-9)16-13(19)8-3-10(17(20)21)6-11(4-8)26(2,22)23/h3-4,6-7H,5H2,1-2H3,(H,15,16,19). The van der Waals surface area contributed by atoms with Crippen LogP contribution in [0.15, 0.2) is 28.5 Å². The van der Waals surface area contributed by atoms with Crippen molar-refractivity contribution in [3.63, 3.8) is 0 Å². The van der Waals surface area contributed by atoms with Crippen LogP contribution in [0.1, 0.15) is 16.1 Å². The molecule has 138 valence electrons. The van der Waals surface area contributed by atoms with E-state index in [0.717, 1.165) is 35.8 Å². The number of rotatable bonds is 6. The lowest BCUT2D eigenvalue weighted by atomic mass is 10.2. The van der Waals surface area contributed by atoms with Gasteiger partial charge in [0, 0.05) is 29.3 Å². The predicted molar refractivity (Wildman–Crippen MR) is 92.0 cm³/mol. The number of nitro benzene ring substituents is 1. The number of carbonyl (C=O) groups excluding carboxylic acids is 2. The van der Waals surface area contributed by atoms with Gasteiger partial charge in [-0.15, -0.1) is 11.3 Å². The Hall–Kier alpha value is -2.86. The zero-order valence-corrected chi connectivity index (χ0v) is 15.2. The third-order valence-electron chi connectivity index (χ3n) is 3.12. The van der Waals surface area contributed by atoms with Crippen LogP contribution >= 0.6 is 11.3 Å². The number of sulfone groups is 1. The third kappa shape index (κ3) is 4.83. The number of anilines is 1. The molecule has 1 N–H and O–H groups in total. The highest BCUT2D eigenvalue weighted by Gasteiger charge is 2.20. The molecule has 0 unspecified atom stereocenters. The normalized spacial score (nSPS) is 11.0. The average molecular weight is 399 g/mol. The maximum atomic E-state index is 12.3. The molecule has 0 spiro atoms. The fourth-order valence-electron chi connectivity index (χ4n) is 1.87. The molecule has 0 bridgehead atoms. The summed E-state index contributed by atoms with van der Waals surface area (Å²) in [6, 6.07) is 2.89. The number of benzene rings is 1. The first kappa shape index (κ1) is 19.5. The average Bonchev–Trinajstić information content (AvgIpc) is 3.00. The van der Waals surface area contributed by atoms with E-state index in [1.54, 1.807) is 5.38 Å². The summed E-state index contributed by atoms with van der Waals surface area (Å²) in [6.07, 6.45) is 0.811. The lowest BCUT2D eigenvalue weighted by molar-refractivity contribution is -0.385. The lowest BCUT2D eigenvalue weighted by Gasteiger charge is -2.05. The highest BCUT2D eigenvalue weighted by atomic mass is 32.2. The van der Waals surface area contributed by atoms with E-state index in [-0.39, 0.29) is 22.0 Å². The molecule has 2 rings (SSSR count). The van der Waals surface area contributed by atoms with Crippen LogP contribution in [0.3, 0.4) is 0 Å². The van der Waals surface area contributed by atoms with Gasteiger partial charge in [0.2, 0.25) is 0 Å². The fraction of sp³-hybridized carbons (Fsp3) is 0.214. The van der Waals surface area contributed by atoms with Gasteiger partial charge in [-0.2, -0.15) is 0 Å². The quantitative estimate of drug-likeness (QED) is 0.436. The number of nitrogens with zero attached hydrogens (tertiary/aromatic N) is 2. The van der Waals surface area contributed by atoms with Gasteiger partial charge >= 0.3 is 5.97 Å². The Bertz CT molecular complexity index is 982. The molecule has 1 aromatic heterocycles. The number of aromatic nitrogens is 1. The van der Waals surface area contributed by atoms with Crippen LogP contribution < -0.4 is 5.32 Å². The molecular weight excluding hydrogens is 386 g/mol. The molecule has 10 nitrogen and oxygen atoms in total. The maximum absolute atomic E-state index is 12.3. The number of esters is 1. The van der Waals surface area contributed by atoms with Crippen molar-refractivity contribution >= 4 is 43.9 Å². The summed E-state index contributed by atoms with van der Waals surface area (Å²) in [5, 5.41) is 15.1. The zero-order valence-electron chi connectivity index (χ0n) is 13.6. The van der Waals surface area contributed by atoms with Crippen molar-refractivity contribution in [3.8, 4) is 0 Å². The van der Waals surface area contributed by atoms with Crippen molar-refractivity contribution in [2.24, 2.45) is 0 Å². The molecule has 0 atom stereocenters. The minimum atomic E-state index is -3.75. The van der Waals surface area contributed by atoms with Gasteiger partial charge < -0.3 is 4.74 Å². The Balaban J connectivity index is 2.28. The minimum absolute atomic E-state index is 0.0715. The van der Waals surface area contributed by atoms with Crippen LogP contribution in [0.5, 0.6) is 0 Å². The van der Waals surface area contributed by atoms with Crippen molar-refractivity contribution in [1.82, 2.24) is 4.98 Å². The Morgan fingerprint density at radius 2 is 2.04 bits per heavy atom. The van der Waals surface area contributed by atoms with Crippen molar-refractivity contribution in [2.75, 3.05) is 18.7 Å². The molecule has 26 heavy (non-hydrogen) atoms. The number of hydrogen-bond donors (Lipinski definition) is 1. The van der Waals surface area contributed by atoms with Crippen LogP contribution in [-0.2, 0) is 25.8 Å². The molecule has 0 saturated heterocycles. The number of non-ortho nitro benzene ring substituents is 1. The molecule has 0 saturated carbocycles. The Morgan fingerprint density at radius 3 is 2.62 bits per heavy atom. The number of hydrogen-bond acceptors (Lipinski definition) is 9. The van der Waals surface area contributed by atoms with Crippen LogP contribution in [0.2, 0.25) is 0 Å². The van der Waals surface area contributed by atoms with Crippen molar-refractivity contribution in [2.45, 2.75) is 11.3 Å². The van der Waals surface area contributed by atoms with Crippen LogP contribution in [-0.4, -0.2) is 43.6 Å². The van der Waals surface area contributed by atoms with E-state index < -0.39 is 32.3 Å². The number of amides is 1. The molecule has 0 aliphatic rings. The van der Waals surface area contributed by atoms with E-state index in [9.17, 15) is 28.1 Å². The summed E-state index contributed by atoms with van der Waals surface area (Å²) in [6.45, 7) is 0. The number of nitro groups is 1. The third-order valence-corrected chi connectivity index (χ3v) is 5.02. The molecule has 1 amide bonds. The summed E-state index contributed by atoms with van der Waals surface area (Å²) in [7, 11) is -2.51. The largest absolute Gasteiger partial charge is 0.469 e. The van der Waals surface area contributed by atoms with Crippen LogP contribution in [0.25, 0.3) is 0 Å². The van der Waals surface area contributed by atoms with E-state index >= 15 is 0 Å². The fourth-order valence-corrected chi connectivity index (χ4v) is 3.25. The van der Waals surface area contributed by atoms with Gasteiger partial charge in [0.25, 0.3) is 11.6 Å². The Morgan fingerprint density at radius 1 is 1.35 bits per heavy atom. The second-order valence-electron chi connectivity index (χ2n) is 5.10. The molecule has 0 fully saturated rings. The van der Waals surface area contributed by atoms with Gasteiger partial charge in [0.05, 0.1) is 29.0 Å². The van der Waals surface area contributed by atoms with E-state index in [1.807, 2.05) is 0 Å². The maximum Gasteiger partial charge on any atom is 0.311 e. The molecule has 0 aliphatic carbocycles. The van der Waals surface area contributed by atoms with Crippen molar-refractivity contribution in [3.05, 3.63) is 45.0 Å². The number of nitrogens with one attached hydrogen (secondary N) is 1. The summed E-state index contributed by atoms with van der Waals surface area (Å²) in [5.74, 6) is -1.26. The molecule has 12 heteroatoms.